The third-order valence-electron chi connectivity index (χ3n) is 5.34. The number of imidazole rings is 1. The highest BCUT2D eigenvalue weighted by Gasteiger charge is 2.29. The normalized spacial score (nSPS) is 17.1. The SMILES string of the molecule is CCCCC(C(N)=O)N1CCC(c2ncc(-c3ccc(F)c(F)c3)[nH]2)CC1. The second kappa shape index (κ2) is 8.61. The lowest BCUT2D eigenvalue weighted by molar-refractivity contribution is -0.124. The van der Waals surface area contributed by atoms with Gasteiger partial charge in [-0.3, -0.25) is 9.69 Å². The lowest BCUT2D eigenvalue weighted by Gasteiger charge is -2.35. The van der Waals surface area contributed by atoms with Crippen molar-refractivity contribution in [3.8, 4) is 11.3 Å². The zero-order chi connectivity index (χ0) is 19.4. The van der Waals surface area contributed by atoms with Crippen molar-refractivity contribution in [1.29, 1.82) is 0 Å². The van der Waals surface area contributed by atoms with Gasteiger partial charge in [0, 0.05) is 11.5 Å². The van der Waals surface area contributed by atoms with Gasteiger partial charge in [-0.15, -0.1) is 0 Å². The van der Waals surface area contributed by atoms with Crippen LogP contribution < -0.4 is 5.73 Å². The summed E-state index contributed by atoms with van der Waals surface area (Å²) < 4.78 is 26.6. The van der Waals surface area contributed by atoms with Crippen LogP contribution in [0.2, 0.25) is 0 Å². The molecule has 1 saturated heterocycles. The number of aromatic nitrogens is 2. The molecule has 2 aromatic rings. The van der Waals surface area contributed by atoms with E-state index in [2.05, 4.69) is 21.8 Å². The molecule has 3 N–H and O–H groups in total. The van der Waals surface area contributed by atoms with Gasteiger partial charge >= 0.3 is 0 Å². The second-order valence-corrected chi connectivity index (χ2v) is 7.18. The van der Waals surface area contributed by atoms with E-state index in [0.717, 1.165) is 57.1 Å². The van der Waals surface area contributed by atoms with E-state index >= 15 is 0 Å². The molecule has 27 heavy (non-hydrogen) atoms. The summed E-state index contributed by atoms with van der Waals surface area (Å²) in [5, 5.41) is 0. The number of nitrogens with one attached hydrogen (secondary N) is 1. The Balaban J connectivity index is 1.64. The van der Waals surface area contributed by atoms with Crippen LogP contribution >= 0.6 is 0 Å². The Labute approximate surface area is 158 Å². The fraction of sp³-hybridized carbons (Fsp3) is 0.500. The lowest BCUT2D eigenvalue weighted by atomic mass is 9.94. The van der Waals surface area contributed by atoms with Crippen LogP contribution in [0.4, 0.5) is 8.78 Å². The van der Waals surface area contributed by atoms with Crippen LogP contribution in [0.15, 0.2) is 24.4 Å². The topological polar surface area (TPSA) is 75.0 Å². The van der Waals surface area contributed by atoms with Gasteiger partial charge < -0.3 is 10.7 Å². The maximum absolute atomic E-state index is 13.4. The molecule has 1 amide bonds. The highest BCUT2D eigenvalue weighted by atomic mass is 19.2. The molecule has 0 saturated carbocycles. The number of likely N-dealkylation sites (tertiary alicyclic amines) is 1. The highest BCUT2D eigenvalue weighted by Crippen LogP contribution is 2.29. The van der Waals surface area contributed by atoms with Crippen molar-refractivity contribution in [1.82, 2.24) is 14.9 Å². The van der Waals surface area contributed by atoms with E-state index in [4.69, 9.17) is 5.73 Å². The van der Waals surface area contributed by atoms with E-state index in [-0.39, 0.29) is 17.9 Å². The standard InChI is InChI=1S/C20H26F2N4O/c1-2-3-4-18(19(23)27)26-9-7-13(8-10-26)20-24-12-17(25-20)14-5-6-15(21)16(22)11-14/h5-6,11-13,18H,2-4,7-10H2,1H3,(H2,23,27)(H,24,25). The van der Waals surface area contributed by atoms with Crippen molar-refractivity contribution in [3.05, 3.63) is 41.9 Å². The number of nitrogens with zero attached hydrogens (tertiary/aromatic N) is 2. The van der Waals surface area contributed by atoms with Gasteiger partial charge in [0.1, 0.15) is 5.82 Å². The van der Waals surface area contributed by atoms with Crippen molar-refractivity contribution in [3.63, 3.8) is 0 Å². The molecule has 0 radical (unpaired) electrons. The van der Waals surface area contributed by atoms with E-state index in [0.29, 0.717) is 11.3 Å². The lowest BCUT2D eigenvalue weighted by Crippen LogP contribution is -2.48. The van der Waals surface area contributed by atoms with Crippen molar-refractivity contribution < 1.29 is 13.6 Å². The minimum absolute atomic E-state index is 0.194. The van der Waals surface area contributed by atoms with Gasteiger partial charge in [0.25, 0.3) is 0 Å². The molecule has 0 aliphatic carbocycles. The number of halogens is 2. The van der Waals surface area contributed by atoms with Crippen LogP contribution in [-0.4, -0.2) is 39.9 Å². The number of carbonyl (C=O) groups is 1. The highest BCUT2D eigenvalue weighted by molar-refractivity contribution is 5.79. The fourth-order valence-corrected chi connectivity index (χ4v) is 3.74. The molecular formula is C20H26F2N4O. The first kappa shape index (κ1) is 19.5. The number of hydrogen-bond acceptors (Lipinski definition) is 3. The largest absolute Gasteiger partial charge is 0.368 e. The Hall–Kier alpha value is -2.28. The van der Waals surface area contributed by atoms with Crippen molar-refractivity contribution in [2.45, 2.75) is 51.0 Å². The first-order valence-corrected chi connectivity index (χ1v) is 9.53. The zero-order valence-corrected chi connectivity index (χ0v) is 15.5. The molecular weight excluding hydrogens is 350 g/mol. The minimum atomic E-state index is -0.874. The summed E-state index contributed by atoms with van der Waals surface area (Å²) in [5.41, 5.74) is 6.83. The average Bonchev–Trinajstić information content (AvgIpc) is 3.15. The first-order chi connectivity index (χ1) is 13.0. The smallest absolute Gasteiger partial charge is 0.234 e. The van der Waals surface area contributed by atoms with Gasteiger partial charge in [-0.25, -0.2) is 13.8 Å². The molecule has 0 spiro atoms. The molecule has 1 aliphatic heterocycles. The number of piperidine rings is 1. The molecule has 0 bridgehead atoms. The number of primary amides is 1. The number of aromatic amines is 1. The van der Waals surface area contributed by atoms with Crippen molar-refractivity contribution in [2.24, 2.45) is 5.73 Å². The third-order valence-corrected chi connectivity index (χ3v) is 5.34. The number of rotatable bonds is 7. The average molecular weight is 376 g/mol. The summed E-state index contributed by atoms with van der Waals surface area (Å²) >= 11 is 0. The molecule has 146 valence electrons. The summed E-state index contributed by atoms with van der Waals surface area (Å²) in [6.45, 7) is 3.69. The summed E-state index contributed by atoms with van der Waals surface area (Å²) in [6.07, 6.45) is 6.24. The molecule has 7 heteroatoms. The Morgan fingerprint density at radius 1 is 1.33 bits per heavy atom. The molecule has 3 rings (SSSR count). The van der Waals surface area contributed by atoms with Crippen LogP contribution in [0, 0.1) is 11.6 Å². The predicted molar refractivity (Wildman–Crippen MR) is 100.0 cm³/mol. The molecule has 5 nitrogen and oxygen atoms in total. The molecule has 2 heterocycles. The number of carbonyl (C=O) groups excluding carboxylic acids is 1. The molecule has 1 atom stereocenters. The van der Waals surface area contributed by atoms with E-state index in [1.165, 1.54) is 12.1 Å². The van der Waals surface area contributed by atoms with Gasteiger partial charge in [0.05, 0.1) is 17.9 Å². The second-order valence-electron chi connectivity index (χ2n) is 7.18. The van der Waals surface area contributed by atoms with E-state index < -0.39 is 11.6 Å². The molecule has 1 unspecified atom stereocenters. The van der Waals surface area contributed by atoms with E-state index in [9.17, 15) is 13.6 Å². The van der Waals surface area contributed by atoms with Gasteiger partial charge in [-0.05, 0) is 50.6 Å². The van der Waals surface area contributed by atoms with Crippen LogP contribution in [0.1, 0.15) is 50.8 Å². The number of unbranched alkanes of at least 4 members (excludes halogenated alkanes) is 1. The third kappa shape index (κ3) is 4.53. The quantitative estimate of drug-likeness (QED) is 0.776. The number of H-pyrrole nitrogens is 1. The van der Waals surface area contributed by atoms with Crippen LogP contribution in [0.3, 0.4) is 0 Å². The van der Waals surface area contributed by atoms with Crippen LogP contribution in [0.25, 0.3) is 11.3 Å². The fourth-order valence-electron chi connectivity index (χ4n) is 3.74. The zero-order valence-electron chi connectivity index (χ0n) is 15.5. The predicted octanol–water partition coefficient (Wildman–Crippen LogP) is 3.58. The summed E-state index contributed by atoms with van der Waals surface area (Å²) in [6, 6.07) is 3.62. The molecule has 1 aromatic heterocycles. The molecule has 1 fully saturated rings. The van der Waals surface area contributed by atoms with Crippen LogP contribution in [0.5, 0.6) is 0 Å². The summed E-state index contributed by atoms with van der Waals surface area (Å²) in [5.74, 6) is -0.890. The first-order valence-electron chi connectivity index (χ1n) is 9.53. The summed E-state index contributed by atoms with van der Waals surface area (Å²) in [4.78, 5) is 21.6. The Morgan fingerprint density at radius 3 is 2.70 bits per heavy atom. The maximum atomic E-state index is 13.4. The number of benzene rings is 1. The summed E-state index contributed by atoms with van der Waals surface area (Å²) in [7, 11) is 0. The van der Waals surface area contributed by atoms with Gasteiger partial charge in [0.2, 0.25) is 5.91 Å². The van der Waals surface area contributed by atoms with E-state index in [1.54, 1.807) is 6.20 Å². The van der Waals surface area contributed by atoms with Crippen LogP contribution in [-0.2, 0) is 4.79 Å². The van der Waals surface area contributed by atoms with Gasteiger partial charge in [0.15, 0.2) is 11.6 Å². The Morgan fingerprint density at radius 2 is 2.07 bits per heavy atom. The van der Waals surface area contributed by atoms with E-state index in [1.807, 2.05) is 0 Å². The Kier molecular flexibility index (Phi) is 6.21. The molecule has 1 aromatic carbocycles. The molecule has 1 aliphatic rings. The number of hydrogen-bond donors (Lipinski definition) is 2. The van der Waals surface area contributed by atoms with Crippen molar-refractivity contribution >= 4 is 5.91 Å². The number of nitrogens with two attached hydrogens (primary N) is 1. The van der Waals surface area contributed by atoms with Crippen molar-refractivity contribution in [2.75, 3.05) is 13.1 Å². The van der Waals surface area contributed by atoms with Gasteiger partial charge in [-0.2, -0.15) is 0 Å². The maximum Gasteiger partial charge on any atom is 0.234 e. The Bertz CT molecular complexity index is 784. The number of amides is 1. The van der Waals surface area contributed by atoms with Gasteiger partial charge in [-0.1, -0.05) is 19.8 Å². The monoisotopic (exact) mass is 376 g/mol. The minimum Gasteiger partial charge on any atom is -0.368 e.